The molecule has 0 N–H and O–H groups in total. The maximum Gasteiger partial charge on any atom is 0.275 e. The van der Waals surface area contributed by atoms with Gasteiger partial charge >= 0.3 is 0 Å². The van der Waals surface area contributed by atoms with Gasteiger partial charge in [0.1, 0.15) is 5.52 Å². The van der Waals surface area contributed by atoms with Crippen LogP contribution in [0.5, 0.6) is 0 Å². The molecule has 0 aliphatic rings. The Morgan fingerprint density at radius 3 is 2.08 bits per heavy atom. The number of hydrogen-bond donors (Lipinski definition) is 0. The zero-order valence-corrected chi connectivity index (χ0v) is 21.2. The van der Waals surface area contributed by atoms with Crippen LogP contribution in [-0.2, 0) is 24.1 Å². The summed E-state index contributed by atoms with van der Waals surface area (Å²) in [4.78, 5) is 38.1. The van der Waals surface area contributed by atoms with E-state index in [-0.39, 0.29) is 27.1 Å². The molecule has 37 heavy (non-hydrogen) atoms. The summed E-state index contributed by atoms with van der Waals surface area (Å²) in [6, 6.07) is 18.4. The molecule has 5 aromatic rings. The summed E-state index contributed by atoms with van der Waals surface area (Å²) in [6.45, 7) is 1.83. The van der Waals surface area contributed by atoms with Gasteiger partial charge in [0.25, 0.3) is 21.1 Å². The third-order valence-corrected chi connectivity index (χ3v) is 8.15. The van der Waals surface area contributed by atoms with Gasteiger partial charge in [0.05, 0.1) is 10.6 Å². The number of aryl methyl sites for hydroxylation is 3. The van der Waals surface area contributed by atoms with Gasteiger partial charge in [-0.15, -0.1) is 0 Å². The normalized spacial score (nSPS) is 11.6. The highest BCUT2D eigenvalue weighted by Crippen LogP contribution is 2.36. The van der Waals surface area contributed by atoms with Crippen molar-refractivity contribution in [3.63, 3.8) is 0 Å². The van der Waals surface area contributed by atoms with Crippen LogP contribution in [0.2, 0.25) is 0 Å². The largest absolute Gasteiger partial charge is 0.318 e. The first-order chi connectivity index (χ1) is 17.6. The number of benzene rings is 2. The number of carbonyl (C=O) groups excluding carboxylic acids is 1. The molecular weight excluding hydrogens is 490 g/mol. The number of rotatable bonds is 5. The predicted molar refractivity (Wildman–Crippen MR) is 142 cm³/mol. The van der Waals surface area contributed by atoms with E-state index in [4.69, 9.17) is 0 Å². The lowest BCUT2D eigenvalue weighted by Crippen LogP contribution is -2.24. The Kier molecular flexibility index (Phi) is 5.80. The topological polar surface area (TPSA) is 100 Å². The van der Waals surface area contributed by atoms with Crippen molar-refractivity contribution < 1.29 is 13.2 Å². The van der Waals surface area contributed by atoms with Gasteiger partial charge in [-0.05, 0) is 36.2 Å². The van der Waals surface area contributed by atoms with Crippen molar-refractivity contribution in [2.75, 3.05) is 0 Å². The summed E-state index contributed by atoms with van der Waals surface area (Å²) < 4.78 is 30.9. The summed E-state index contributed by atoms with van der Waals surface area (Å²) in [5, 5.41) is 0.256. The van der Waals surface area contributed by atoms with Crippen LogP contribution in [-0.4, -0.2) is 27.8 Å². The van der Waals surface area contributed by atoms with Crippen molar-refractivity contribution in [3.8, 4) is 22.3 Å². The van der Waals surface area contributed by atoms with Gasteiger partial charge in [-0.1, -0.05) is 48.0 Å². The number of fused-ring (bicyclic) bond motifs is 1. The van der Waals surface area contributed by atoms with Crippen LogP contribution in [0, 0.1) is 6.92 Å². The van der Waals surface area contributed by atoms with Gasteiger partial charge in [-0.25, -0.2) is 12.4 Å². The highest BCUT2D eigenvalue weighted by atomic mass is 32.2. The summed E-state index contributed by atoms with van der Waals surface area (Å²) in [5.74, 6) is 0. The lowest BCUT2D eigenvalue weighted by molar-refractivity contribution is 0.111. The molecule has 0 bridgehead atoms. The molecule has 0 saturated carbocycles. The second-order valence-corrected chi connectivity index (χ2v) is 10.7. The van der Waals surface area contributed by atoms with Crippen molar-refractivity contribution in [1.82, 2.24) is 13.1 Å². The maximum atomic E-state index is 13.7. The molecule has 0 unspecified atom stereocenters. The number of carbonyl (C=O) groups is 1. The highest BCUT2D eigenvalue weighted by molar-refractivity contribution is 7.90. The van der Waals surface area contributed by atoms with Gasteiger partial charge in [-0.2, -0.15) is 0 Å². The van der Waals surface area contributed by atoms with Crippen LogP contribution < -0.4 is 11.1 Å². The first-order valence-corrected chi connectivity index (χ1v) is 12.9. The van der Waals surface area contributed by atoms with E-state index < -0.39 is 15.6 Å². The van der Waals surface area contributed by atoms with E-state index in [1.807, 2.05) is 37.3 Å². The molecule has 5 rings (SSSR count). The first kappa shape index (κ1) is 24.2. The molecular formula is C28H23N3O5S. The molecule has 0 atom stereocenters. The third kappa shape index (κ3) is 3.93. The molecule has 8 nitrogen and oxygen atoms in total. The Bertz CT molecular complexity index is 1910. The molecule has 0 saturated heterocycles. The zero-order chi connectivity index (χ0) is 26.5. The van der Waals surface area contributed by atoms with E-state index >= 15 is 0 Å². The average molecular weight is 514 g/mol. The van der Waals surface area contributed by atoms with Crippen LogP contribution >= 0.6 is 0 Å². The smallest absolute Gasteiger partial charge is 0.275 e. The Morgan fingerprint density at radius 1 is 0.784 bits per heavy atom. The lowest BCUT2D eigenvalue weighted by atomic mass is 9.95. The summed E-state index contributed by atoms with van der Waals surface area (Å²) >= 11 is 0. The maximum absolute atomic E-state index is 13.7. The van der Waals surface area contributed by atoms with Crippen molar-refractivity contribution in [2.45, 2.75) is 11.8 Å². The average Bonchev–Trinajstić information content (AvgIpc) is 3.29. The Morgan fingerprint density at radius 2 is 1.43 bits per heavy atom. The molecule has 3 heterocycles. The van der Waals surface area contributed by atoms with Crippen molar-refractivity contribution in [2.24, 2.45) is 14.1 Å². The Labute approximate surface area is 212 Å². The van der Waals surface area contributed by atoms with Crippen LogP contribution in [0.25, 0.3) is 33.2 Å². The molecule has 0 amide bonds. The third-order valence-electron chi connectivity index (χ3n) is 6.40. The second-order valence-electron chi connectivity index (χ2n) is 8.91. The van der Waals surface area contributed by atoms with Gasteiger partial charge in [0.2, 0.25) is 0 Å². The van der Waals surface area contributed by atoms with Crippen molar-refractivity contribution in [1.29, 1.82) is 0 Å². The van der Waals surface area contributed by atoms with Crippen LogP contribution in [0.4, 0.5) is 0 Å². The predicted octanol–water partition coefficient (Wildman–Crippen LogP) is 3.73. The minimum atomic E-state index is -4.29. The zero-order valence-electron chi connectivity index (χ0n) is 20.4. The van der Waals surface area contributed by atoms with Gasteiger partial charge in [-0.3, -0.25) is 14.4 Å². The molecule has 0 aliphatic carbocycles. The summed E-state index contributed by atoms with van der Waals surface area (Å²) in [5.41, 5.74) is 2.15. The molecule has 0 radical (unpaired) electrons. The SMILES string of the molecule is Cc1ccc(S(=O)(=O)n2c(C=O)cc3c(-c4cc(=O)n(C)cc4-c4ccccc4)cn(C)c(=O)c32)cc1. The van der Waals surface area contributed by atoms with Crippen LogP contribution in [0.15, 0.2) is 93.6 Å². The molecule has 9 heteroatoms. The number of nitrogens with zero attached hydrogens (tertiary/aromatic N) is 3. The Balaban J connectivity index is 1.91. The Hall–Kier alpha value is -4.50. The summed E-state index contributed by atoms with van der Waals surface area (Å²) in [7, 11) is -1.14. The molecule has 0 aliphatic heterocycles. The van der Waals surface area contributed by atoms with E-state index in [9.17, 15) is 22.8 Å². The van der Waals surface area contributed by atoms with Crippen molar-refractivity contribution in [3.05, 3.63) is 111 Å². The molecule has 0 fully saturated rings. The summed E-state index contributed by atoms with van der Waals surface area (Å²) in [6.07, 6.45) is 3.67. The van der Waals surface area contributed by atoms with Crippen LogP contribution in [0.1, 0.15) is 16.1 Å². The van der Waals surface area contributed by atoms with E-state index in [2.05, 4.69) is 0 Å². The fourth-order valence-electron chi connectivity index (χ4n) is 4.48. The highest BCUT2D eigenvalue weighted by Gasteiger charge is 2.27. The molecule has 3 aromatic heterocycles. The monoisotopic (exact) mass is 513 g/mol. The van der Waals surface area contributed by atoms with Gasteiger partial charge < -0.3 is 9.13 Å². The first-order valence-electron chi connectivity index (χ1n) is 11.4. The quantitative estimate of drug-likeness (QED) is 0.334. The second kappa shape index (κ2) is 8.86. The number of aromatic nitrogens is 3. The van der Waals surface area contributed by atoms with E-state index in [1.54, 1.807) is 31.6 Å². The minimum Gasteiger partial charge on any atom is -0.318 e. The fourth-order valence-corrected chi connectivity index (χ4v) is 5.96. The lowest BCUT2D eigenvalue weighted by Gasteiger charge is -2.15. The van der Waals surface area contributed by atoms with Gasteiger partial charge in [0, 0.05) is 49.1 Å². The number of hydrogen-bond acceptors (Lipinski definition) is 5. The molecule has 2 aromatic carbocycles. The van der Waals surface area contributed by atoms with E-state index in [0.717, 1.165) is 15.1 Å². The molecule has 186 valence electrons. The number of aldehydes is 1. The molecule has 0 spiro atoms. The van der Waals surface area contributed by atoms with Crippen LogP contribution in [0.3, 0.4) is 0 Å². The van der Waals surface area contributed by atoms with E-state index in [1.165, 1.54) is 40.4 Å². The standard InChI is InChI=1S/C28H23N3O5S/c1-18-9-11-21(12-10-18)37(35,36)31-20(17-32)13-23-25(16-30(3)28(34)27(23)31)22-14-26(33)29(2)15-24(22)19-7-5-4-6-8-19/h4-17H,1-3H3. The minimum absolute atomic E-state index is 0.0512. The van der Waals surface area contributed by atoms with Crippen molar-refractivity contribution >= 4 is 27.2 Å². The van der Waals surface area contributed by atoms with Gasteiger partial charge in [0.15, 0.2) is 6.29 Å². The number of pyridine rings is 2. The fraction of sp³-hybridized carbons (Fsp3) is 0.107. The van der Waals surface area contributed by atoms with E-state index in [0.29, 0.717) is 23.0 Å².